The van der Waals surface area contributed by atoms with Crippen LogP contribution in [0.5, 0.6) is 0 Å². The maximum atomic E-state index is 12.4. The molecule has 0 amide bonds. The fourth-order valence-electron chi connectivity index (χ4n) is 6.51. The lowest BCUT2D eigenvalue weighted by Crippen LogP contribution is -2.19. The molecule has 9 rings (SSSR count). The van der Waals surface area contributed by atoms with E-state index in [9.17, 15) is 9.59 Å². The Balaban J connectivity index is 0.000000131. The van der Waals surface area contributed by atoms with Gasteiger partial charge >= 0.3 is 0 Å². The van der Waals surface area contributed by atoms with Crippen LogP contribution in [-0.2, 0) is 13.1 Å². The molecule has 4 aromatic heterocycles. The molecule has 0 aliphatic carbocycles. The summed E-state index contributed by atoms with van der Waals surface area (Å²) in [6, 6.07) is 31.0. The van der Waals surface area contributed by atoms with Crippen molar-refractivity contribution in [3.63, 3.8) is 0 Å². The van der Waals surface area contributed by atoms with Gasteiger partial charge in [0.25, 0.3) is 11.1 Å². The van der Waals surface area contributed by atoms with Crippen LogP contribution in [0.15, 0.2) is 107 Å². The standard InChI is InChI=1S/C19H14N2O2.C16H8Cl2N2/c22-16-8-6-14-12-4-1-2-5-13(12)15-7-9-17(23)21-11-3-10-20(16)18(14)19(15)21;17-13-7-5-11-9-3-1-2-4-10(9)12-6-8-14(18)20-16(12)15(11)19-13/h1-2,4-9H,3,10-11H2;1-8H. The van der Waals surface area contributed by atoms with E-state index in [0.29, 0.717) is 23.4 Å². The average Bonchev–Trinajstić information content (AvgIpc) is 3.24. The second-order valence-electron chi connectivity index (χ2n) is 10.7. The minimum atomic E-state index is -0.00108. The van der Waals surface area contributed by atoms with Gasteiger partial charge in [0.1, 0.15) is 10.3 Å². The molecule has 4 aromatic carbocycles. The molecule has 0 saturated carbocycles. The van der Waals surface area contributed by atoms with Gasteiger partial charge in [0, 0.05) is 46.8 Å². The largest absolute Gasteiger partial charge is 0.306 e. The highest BCUT2D eigenvalue weighted by Crippen LogP contribution is 2.36. The summed E-state index contributed by atoms with van der Waals surface area (Å²) >= 11 is 12.1. The Morgan fingerprint density at radius 3 is 1.26 bits per heavy atom. The molecular weight excluding hydrogens is 579 g/mol. The Bertz CT molecular complexity index is 2400. The van der Waals surface area contributed by atoms with Crippen molar-refractivity contribution in [1.82, 2.24) is 19.1 Å². The number of nitrogens with zero attached hydrogens (tertiary/aromatic N) is 4. The zero-order valence-corrected chi connectivity index (χ0v) is 24.2. The first kappa shape index (κ1) is 25.9. The van der Waals surface area contributed by atoms with E-state index in [1.54, 1.807) is 24.3 Å². The van der Waals surface area contributed by atoms with Crippen molar-refractivity contribution in [3.05, 3.63) is 128 Å². The van der Waals surface area contributed by atoms with Crippen LogP contribution in [0.4, 0.5) is 0 Å². The first-order chi connectivity index (χ1) is 21.0. The number of aromatic nitrogens is 4. The highest BCUT2D eigenvalue weighted by molar-refractivity contribution is 6.32. The molecule has 1 aliphatic heterocycles. The number of pyridine rings is 4. The summed E-state index contributed by atoms with van der Waals surface area (Å²) in [5, 5.41) is 9.58. The first-order valence-electron chi connectivity index (χ1n) is 14.0. The van der Waals surface area contributed by atoms with Crippen LogP contribution in [0.1, 0.15) is 6.42 Å². The quantitative estimate of drug-likeness (QED) is 0.130. The van der Waals surface area contributed by atoms with E-state index in [-0.39, 0.29) is 11.1 Å². The van der Waals surface area contributed by atoms with Gasteiger partial charge in [-0.3, -0.25) is 9.59 Å². The lowest BCUT2D eigenvalue weighted by Gasteiger charge is -2.14. The third kappa shape index (κ3) is 4.02. The predicted octanol–water partition coefficient (Wildman–Crippen LogP) is 8.12. The summed E-state index contributed by atoms with van der Waals surface area (Å²) in [6.07, 6.45) is 0.781. The lowest BCUT2D eigenvalue weighted by molar-refractivity contribution is 0.580. The Hall–Kier alpha value is -4.78. The molecule has 1 aliphatic rings. The van der Waals surface area contributed by atoms with Gasteiger partial charge in [-0.15, -0.1) is 0 Å². The van der Waals surface area contributed by atoms with Crippen molar-refractivity contribution >= 4 is 88.4 Å². The average molecular weight is 601 g/mol. The molecule has 43 heavy (non-hydrogen) atoms. The topological polar surface area (TPSA) is 69.8 Å². The molecule has 208 valence electrons. The Kier molecular flexibility index (Phi) is 5.96. The maximum Gasteiger partial charge on any atom is 0.251 e. The summed E-state index contributed by atoms with van der Waals surface area (Å²) in [5.41, 5.74) is 3.35. The zero-order chi connectivity index (χ0) is 29.2. The number of benzene rings is 4. The number of aryl methyl sites for hydroxylation is 2. The molecule has 6 nitrogen and oxygen atoms in total. The summed E-state index contributed by atoms with van der Waals surface area (Å²) in [5.74, 6) is 0. The minimum Gasteiger partial charge on any atom is -0.306 e. The van der Waals surface area contributed by atoms with Crippen molar-refractivity contribution in [2.75, 3.05) is 0 Å². The van der Waals surface area contributed by atoms with Crippen LogP contribution in [0.25, 0.3) is 65.2 Å². The zero-order valence-electron chi connectivity index (χ0n) is 22.7. The number of fused-ring (bicyclic) bond motifs is 9. The van der Waals surface area contributed by atoms with Crippen molar-refractivity contribution in [3.8, 4) is 0 Å². The summed E-state index contributed by atoms with van der Waals surface area (Å²) < 4.78 is 3.65. The van der Waals surface area contributed by atoms with E-state index in [1.165, 1.54) is 0 Å². The molecular formula is C35H22Cl2N4O2. The van der Waals surface area contributed by atoms with E-state index >= 15 is 0 Å². The van der Waals surface area contributed by atoms with E-state index in [1.807, 2.05) is 57.7 Å². The number of hydrogen-bond donors (Lipinski definition) is 0. The molecule has 0 bridgehead atoms. The first-order valence-corrected chi connectivity index (χ1v) is 14.8. The minimum absolute atomic E-state index is 0.00108. The van der Waals surface area contributed by atoms with Crippen molar-refractivity contribution in [2.45, 2.75) is 19.5 Å². The number of hydrogen-bond acceptors (Lipinski definition) is 4. The van der Waals surface area contributed by atoms with Crippen molar-refractivity contribution < 1.29 is 0 Å². The molecule has 0 spiro atoms. The van der Waals surface area contributed by atoms with Crippen LogP contribution >= 0.6 is 23.2 Å². The molecule has 0 unspecified atom stereocenters. The van der Waals surface area contributed by atoms with Crippen LogP contribution < -0.4 is 11.1 Å². The fourth-order valence-corrected chi connectivity index (χ4v) is 6.80. The molecule has 0 N–H and O–H groups in total. The highest BCUT2D eigenvalue weighted by Gasteiger charge is 2.18. The van der Waals surface area contributed by atoms with Crippen LogP contribution in [0, 0.1) is 0 Å². The Labute approximate surface area is 254 Å². The monoisotopic (exact) mass is 600 g/mol. The second-order valence-corrected chi connectivity index (χ2v) is 11.5. The van der Waals surface area contributed by atoms with E-state index in [2.05, 4.69) is 34.2 Å². The van der Waals surface area contributed by atoms with Gasteiger partial charge < -0.3 is 9.13 Å². The SMILES string of the molecule is Clc1ccc2c3ccccc3c3ccc(Cl)nc3c2n1.O=c1ccc2c3ccccc3c3ccc(=O)n4c3c2n1CCC4. The van der Waals surface area contributed by atoms with E-state index in [0.717, 1.165) is 71.6 Å². The molecule has 0 saturated heterocycles. The summed E-state index contributed by atoms with van der Waals surface area (Å²) in [4.78, 5) is 33.7. The lowest BCUT2D eigenvalue weighted by atomic mass is 9.99. The van der Waals surface area contributed by atoms with Gasteiger partial charge in [0.05, 0.1) is 22.1 Å². The third-order valence-electron chi connectivity index (χ3n) is 8.32. The molecule has 0 radical (unpaired) electrons. The van der Waals surface area contributed by atoms with Gasteiger partial charge in [0.15, 0.2) is 0 Å². The van der Waals surface area contributed by atoms with E-state index in [4.69, 9.17) is 23.2 Å². The molecule has 8 heteroatoms. The summed E-state index contributed by atoms with van der Waals surface area (Å²) in [6.45, 7) is 1.29. The highest BCUT2D eigenvalue weighted by atomic mass is 35.5. The Morgan fingerprint density at radius 2 is 0.837 bits per heavy atom. The van der Waals surface area contributed by atoms with Gasteiger partial charge in [0.2, 0.25) is 0 Å². The molecule has 5 heterocycles. The molecule has 0 fully saturated rings. The summed E-state index contributed by atoms with van der Waals surface area (Å²) in [7, 11) is 0. The maximum absolute atomic E-state index is 12.4. The smallest absolute Gasteiger partial charge is 0.251 e. The normalized spacial score (nSPS) is 12.8. The van der Waals surface area contributed by atoms with Crippen molar-refractivity contribution in [2.24, 2.45) is 0 Å². The second kappa shape index (κ2) is 9.90. The third-order valence-corrected chi connectivity index (χ3v) is 8.74. The van der Waals surface area contributed by atoms with Crippen molar-refractivity contribution in [1.29, 1.82) is 0 Å². The van der Waals surface area contributed by atoms with Crippen LogP contribution in [0.2, 0.25) is 10.3 Å². The van der Waals surface area contributed by atoms with Gasteiger partial charge in [-0.2, -0.15) is 0 Å². The molecule has 8 aromatic rings. The van der Waals surface area contributed by atoms with Crippen LogP contribution in [0.3, 0.4) is 0 Å². The number of rotatable bonds is 0. The predicted molar refractivity (Wildman–Crippen MR) is 177 cm³/mol. The molecule has 0 atom stereocenters. The number of halogens is 2. The van der Waals surface area contributed by atoms with Gasteiger partial charge in [-0.1, -0.05) is 71.7 Å². The van der Waals surface area contributed by atoms with Crippen LogP contribution in [-0.4, -0.2) is 19.1 Å². The fraction of sp³-hybridized carbons (Fsp3) is 0.0857. The van der Waals surface area contributed by atoms with Gasteiger partial charge in [-0.05, 0) is 64.4 Å². The Morgan fingerprint density at radius 1 is 0.465 bits per heavy atom. The van der Waals surface area contributed by atoms with E-state index < -0.39 is 0 Å². The van der Waals surface area contributed by atoms with Gasteiger partial charge in [-0.25, -0.2) is 9.97 Å².